The van der Waals surface area contributed by atoms with Crippen LogP contribution >= 0.6 is 11.3 Å². The summed E-state index contributed by atoms with van der Waals surface area (Å²) in [5.41, 5.74) is 2.66. The molecule has 1 unspecified atom stereocenters. The second-order valence-corrected chi connectivity index (χ2v) is 8.76. The maximum Gasteiger partial charge on any atom is 0.224 e. The zero-order valence-electron chi connectivity index (χ0n) is 15.5. The lowest BCUT2D eigenvalue weighted by Crippen LogP contribution is -2.37. The van der Waals surface area contributed by atoms with E-state index in [2.05, 4.69) is 38.1 Å². The molecule has 2 aliphatic rings. The van der Waals surface area contributed by atoms with Crippen LogP contribution in [0.3, 0.4) is 0 Å². The van der Waals surface area contributed by atoms with Gasteiger partial charge in [0, 0.05) is 24.0 Å². The van der Waals surface area contributed by atoms with E-state index in [4.69, 9.17) is 4.42 Å². The lowest BCUT2D eigenvalue weighted by molar-refractivity contribution is -0.123. The highest BCUT2D eigenvalue weighted by atomic mass is 32.1. The number of carbonyl (C=O) groups excluding carboxylic acids is 1. The summed E-state index contributed by atoms with van der Waals surface area (Å²) in [4.78, 5) is 20.7. The Kier molecular flexibility index (Phi) is 4.09. The molecule has 0 bridgehead atoms. The largest absolute Gasteiger partial charge is 0.467 e. The van der Waals surface area contributed by atoms with E-state index in [1.165, 1.54) is 5.69 Å². The van der Waals surface area contributed by atoms with E-state index >= 15 is 0 Å². The number of piperidine rings is 1. The molecule has 5 rings (SSSR count). The van der Waals surface area contributed by atoms with Gasteiger partial charge in [0.2, 0.25) is 5.91 Å². The SMILES string of the molecule is Cc1nc2sccn2c1CN1CCC2(CC1)CC2C(=O)NCc1ccco1. The first-order valence-electron chi connectivity index (χ1n) is 9.58. The van der Waals surface area contributed by atoms with Crippen LogP contribution in [0.15, 0.2) is 34.4 Å². The van der Waals surface area contributed by atoms with Crippen molar-refractivity contribution in [3.63, 3.8) is 0 Å². The molecule has 2 fully saturated rings. The monoisotopic (exact) mass is 384 g/mol. The normalized spacial score (nSPS) is 21.7. The Morgan fingerprint density at radius 1 is 1.44 bits per heavy atom. The van der Waals surface area contributed by atoms with Crippen molar-refractivity contribution in [2.45, 2.75) is 39.3 Å². The van der Waals surface area contributed by atoms with Crippen LogP contribution < -0.4 is 5.32 Å². The Labute approximate surface area is 162 Å². The van der Waals surface area contributed by atoms with E-state index < -0.39 is 0 Å². The van der Waals surface area contributed by atoms with Crippen molar-refractivity contribution in [1.82, 2.24) is 19.6 Å². The molecule has 3 aromatic rings. The van der Waals surface area contributed by atoms with Gasteiger partial charge in [-0.25, -0.2) is 4.98 Å². The molecule has 1 N–H and O–H groups in total. The Hall–Kier alpha value is -2.12. The Bertz CT molecular complexity index is 950. The van der Waals surface area contributed by atoms with E-state index in [0.717, 1.165) is 55.3 Å². The summed E-state index contributed by atoms with van der Waals surface area (Å²) in [5.74, 6) is 1.17. The van der Waals surface area contributed by atoms with Gasteiger partial charge in [-0.05, 0) is 56.8 Å². The molecule has 1 amide bonds. The molecule has 27 heavy (non-hydrogen) atoms. The van der Waals surface area contributed by atoms with Crippen molar-refractivity contribution in [3.05, 3.63) is 47.1 Å². The number of hydrogen-bond donors (Lipinski definition) is 1. The van der Waals surface area contributed by atoms with Gasteiger partial charge in [0.15, 0.2) is 4.96 Å². The van der Waals surface area contributed by atoms with E-state index in [1.807, 2.05) is 12.1 Å². The number of nitrogens with one attached hydrogen (secondary N) is 1. The summed E-state index contributed by atoms with van der Waals surface area (Å²) in [7, 11) is 0. The number of rotatable bonds is 5. The summed E-state index contributed by atoms with van der Waals surface area (Å²) < 4.78 is 7.51. The summed E-state index contributed by atoms with van der Waals surface area (Å²) in [6.07, 6.45) is 7.00. The second-order valence-electron chi connectivity index (χ2n) is 7.89. The number of thiazole rings is 1. The summed E-state index contributed by atoms with van der Waals surface area (Å²) in [5, 5.41) is 5.12. The average molecular weight is 385 g/mol. The van der Waals surface area contributed by atoms with Gasteiger partial charge in [-0.1, -0.05) is 0 Å². The quantitative estimate of drug-likeness (QED) is 0.734. The fourth-order valence-electron chi connectivity index (χ4n) is 4.48. The van der Waals surface area contributed by atoms with Crippen molar-refractivity contribution < 1.29 is 9.21 Å². The number of hydrogen-bond acceptors (Lipinski definition) is 5. The third-order valence-electron chi connectivity index (χ3n) is 6.31. The topological polar surface area (TPSA) is 62.8 Å². The zero-order valence-corrected chi connectivity index (χ0v) is 16.3. The Morgan fingerprint density at radius 3 is 3.07 bits per heavy atom. The van der Waals surface area contributed by atoms with Crippen molar-refractivity contribution >= 4 is 22.2 Å². The zero-order chi connectivity index (χ0) is 18.4. The molecule has 4 heterocycles. The van der Waals surface area contributed by atoms with Gasteiger partial charge in [-0.15, -0.1) is 11.3 Å². The molecule has 3 aromatic heterocycles. The third-order valence-corrected chi connectivity index (χ3v) is 7.07. The highest BCUT2D eigenvalue weighted by Crippen LogP contribution is 2.59. The number of fused-ring (bicyclic) bond motifs is 1. The smallest absolute Gasteiger partial charge is 0.224 e. The van der Waals surface area contributed by atoms with Crippen LogP contribution in [0, 0.1) is 18.3 Å². The molecule has 1 aliphatic carbocycles. The van der Waals surface area contributed by atoms with E-state index in [0.29, 0.717) is 6.54 Å². The highest BCUT2D eigenvalue weighted by molar-refractivity contribution is 7.15. The molecule has 142 valence electrons. The van der Waals surface area contributed by atoms with Gasteiger partial charge in [-0.3, -0.25) is 14.1 Å². The average Bonchev–Trinajstić information content (AvgIpc) is 3.08. The molecule has 1 saturated heterocycles. The minimum absolute atomic E-state index is 0.176. The van der Waals surface area contributed by atoms with Crippen molar-refractivity contribution in [2.24, 2.45) is 11.3 Å². The van der Waals surface area contributed by atoms with Crippen LogP contribution in [0.25, 0.3) is 4.96 Å². The van der Waals surface area contributed by atoms with Gasteiger partial charge >= 0.3 is 0 Å². The number of amides is 1. The molecular weight excluding hydrogens is 360 g/mol. The van der Waals surface area contributed by atoms with Crippen LogP contribution in [-0.4, -0.2) is 33.3 Å². The summed E-state index contributed by atoms with van der Waals surface area (Å²) in [6, 6.07) is 3.74. The number of nitrogens with zero attached hydrogens (tertiary/aromatic N) is 3. The Morgan fingerprint density at radius 2 is 2.30 bits per heavy atom. The number of imidazole rings is 1. The minimum Gasteiger partial charge on any atom is -0.467 e. The Balaban J connectivity index is 1.16. The first-order chi connectivity index (χ1) is 13.1. The number of aryl methyl sites for hydroxylation is 1. The van der Waals surface area contributed by atoms with Gasteiger partial charge in [-0.2, -0.15) is 0 Å². The maximum absolute atomic E-state index is 12.5. The molecule has 1 spiro atoms. The fraction of sp³-hybridized carbons (Fsp3) is 0.500. The first-order valence-corrected chi connectivity index (χ1v) is 10.5. The molecular formula is C20H24N4O2S. The molecule has 7 heteroatoms. The number of aromatic nitrogens is 2. The van der Waals surface area contributed by atoms with Crippen molar-refractivity contribution in [1.29, 1.82) is 0 Å². The van der Waals surface area contributed by atoms with E-state index in [-0.39, 0.29) is 17.2 Å². The third kappa shape index (κ3) is 3.08. The molecule has 1 atom stereocenters. The number of furan rings is 1. The second kappa shape index (κ2) is 6.49. The van der Waals surface area contributed by atoms with Gasteiger partial charge in [0.1, 0.15) is 5.76 Å². The fourth-order valence-corrected chi connectivity index (χ4v) is 5.26. The molecule has 0 radical (unpaired) electrons. The van der Waals surface area contributed by atoms with E-state index in [9.17, 15) is 4.79 Å². The minimum atomic E-state index is 0.176. The summed E-state index contributed by atoms with van der Waals surface area (Å²) >= 11 is 1.68. The molecule has 0 aromatic carbocycles. The molecule has 1 saturated carbocycles. The molecule has 1 aliphatic heterocycles. The highest BCUT2D eigenvalue weighted by Gasteiger charge is 2.58. The van der Waals surface area contributed by atoms with Gasteiger partial charge in [0.05, 0.1) is 24.2 Å². The van der Waals surface area contributed by atoms with Gasteiger partial charge in [0.25, 0.3) is 0 Å². The van der Waals surface area contributed by atoms with Crippen LogP contribution in [0.1, 0.15) is 36.4 Å². The summed E-state index contributed by atoms with van der Waals surface area (Å²) in [6.45, 7) is 5.63. The first kappa shape index (κ1) is 17.0. The standard InChI is InChI=1S/C20H24N4O2S/c1-14-17(24-8-10-27-19(24)22-14)13-23-6-4-20(5-7-23)11-16(20)18(25)21-12-15-3-2-9-26-15/h2-3,8-10,16H,4-7,11-13H2,1H3,(H,21,25). The van der Waals surface area contributed by atoms with E-state index in [1.54, 1.807) is 17.6 Å². The predicted molar refractivity (Wildman–Crippen MR) is 103 cm³/mol. The lowest BCUT2D eigenvalue weighted by atomic mass is 9.90. The predicted octanol–water partition coefficient (Wildman–Crippen LogP) is 3.22. The van der Waals surface area contributed by atoms with Crippen LogP contribution in [-0.2, 0) is 17.9 Å². The number of carbonyl (C=O) groups is 1. The number of likely N-dealkylation sites (tertiary alicyclic amines) is 1. The van der Waals surface area contributed by atoms with Gasteiger partial charge < -0.3 is 9.73 Å². The van der Waals surface area contributed by atoms with Crippen LogP contribution in [0.5, 0.6) is 0 Å². The van der Waals surface area contributed by atoms with Crippen molar-refractivity contribution in [2.75, 3.05) is 13.1 Å². The lowest BCUT2D eigenvalue weighted by Gasteiger charge is -2.32. The van der Waals surface area contributed by atoms with Crippen LogP contribution in [0.4, 0.5) is 0 Å². The maximum atomic E-state index is 12.5. The van der Waals surface area contributed by atoms with Crippen LogP contribution in [0.2, 0.25) is 0 Å². The molecule has 6 nitrogen and oxygen atoms in total. The van der Waals surface area contributed by atoms with Crippen molar-refractivity contribution in [3.8, 4) is 0 Å².